The second-order valence-corrected chi connectivity index (χ2v) is 4.79. The lowest BCUT2D eigenvalue weighted by Gasteiger charge is -2.42. The molecule has 1 N–H and O–H groups in total. The molecule has 0 radical (unpaired) electrons. The van der Waals surface area contributed by atoms with Gasteiger partial charge in [-0.1, -0.05) is 6.42 Å². The van der Waals surface area contributed by atoms with Crippen molar-refractivity contribution in [3.05, 3.63) is 0 Å². The van der Waals surface area contributed by atoms with Gasteiger partial charge >= 0.3 is 0 Å². The number of hydrogen-bond donors (Lipinski definition) is 1. The highest BCUT2D eigenvalue weighted by Gasteiger charge is 2.35. The van der Waals surface area contributed by atoms with Gasteiger partial charge in [-0.25, -0.2) is 0 Å². The van der Waals surface area contributed by atoms with E-state index in [2.05, 4.69) is 24.1 Å². The summed E-state index contributed by atoms with van der Waals surface area (Å²) in [6.45, 7) is 5.33. The Morgan fingerprint density at radius 2 is 2.07 bits per heavy atom. The highest BCUT2D eigenvalue weighted by Crippen LogP contribution is 2.28. The predicted octanol–water partition coefficient (Wildman–Crippen LogP) is 1.14. The van der Waals surface area contributed by atoms with Gasteiger partial charge in [-0.2, -0.15) is 0 Å². The zero-order valence-corrected chi connectivity index (χ0v) is 9.12. The molecule has 2 aliphatic rings. The Morgan fingerprint density at radius 3 is 2.79 bits per heavy atom. The van der Waals surface area contributed by atoms with Crippen molar-refractivity contribution in [2.24, 2.45) is 0 Å². The molecule has 3 nitrogen and oxygen atoms in total. The summed E-state index contributed by atoms with van der Waals surface area (Å²) in [5.74, 6) is 0.241. The van der Waals surface area contributed by atoms with Gasteiger partial charge < -0.3 is 5.32 Å². The predicted molar refractivity (Wildman–Crippen MR) is 56.0 cm³/mol. The summed E-state index contributed by atoms with van der Waals surface area (Å²) in [7, 11) is 0. The normalized spacial score (nSPS) is 34.1. The third kappa shape index (κ3) is 1.78. The fourth-order valence-corrected chi connectivity index (χ4v) is 2.96. The molecule has 80 valence electrons. The maximum absolute atomic E-state index is 11.5. The molecule has 1 amide bonds. The van der Waals surface area contributed by atoms with Crippen LogP contribution < -0.4 is 5.32 Å². The molecule has 2 saturated heterocycles. The van der Waals surface area contributed by atoms with Gasteiger partial charge in [0.2, 0.25) is 5.91 Å². The van der Waals surface area contributed by atoms with E-state index in [1.165, 1.54) is 19.3 Å². The molecule has 0 aromatic rings. The number of rotatable bonds is 1. The van der Waals surface area contributed by atoms with Crippen molar-refractivity contribution in [1.82, 2.24) is 10.2 Å². The van der Waals surface area contributed by atoms with Crippen molar-refractivity contribution in [1.29, 1.82) is 0 Å². The maximum Gasteiger partial charge on any atom is 0.221 e. The van der Waals surface area contributed by atoms with Crippen LogP contribution in [0, 0.1) is 0 Å². The standard InChI is InChI=1S/C11H20N2O/c1-8(2)13-9-4-3-5-10(13)7-12-11(14)6-9/h8-10H,3-7H2,1-2H3,(H,12,14)/t9-,10+/m0/s1. The number of carbonyl (C=O) groups excluding carboxylic acids is 1. The van der Waals surface area contributed by atoms with Gasteiger partial charge in [-0.15, -0.1) is 0 Å². The second-order valence-electron chi connectivity index (χ2n) is 4.79. The molecular weight excluding hydrogens is 176 g/mol. The Kier molecular flexibility index (Phi) is 2.77. The summed E-state index contributed by atoms with van der Waals surface area (Å²) in [6, 6.07) is 1.65. The first-order valence-electron chi connectivity index (χ1n) is 5.72. The summed E-state index contributed by atoms with van der Waals surface area (Å²) in [5, 5.41) is 3.02. The van der Waals surface area contributed by atoms with Crippen LogP contribution in [0.15, 0.2) is 0 Å². The molecule has 0 aromatic carbocycles. The molecular formula is C11H20N2O. The van der Waals surface area contributed by atoms with Crippen molar-refractivity contribution in [3.63, 3.8) is 0 Å². The molecule has 0 aromatic heterocycles. The van der Waals surface area contributed by atoms with Crippen LogP contribution in [-0.4, -0.2) is 35.5 Å². The summed E-state index contributed by atoms with van der Waals surface area (Å²) in [5.41, 5.74) is 0. The summed E-state index contributed by atoms with van der Waals surface area (Å²) >= 11 is 0. The molecule has 3 heteroatoms. The van der Waals surface area contributed by atoms with E-state index in [9.17, 15) is 4.79 Å². The second kappa shape index (κ2) is 3.89. The molecule has 0 spiro atoms. The summed E-state index contributed by atoms with van der Waals surface area (Å²) < 4.78 is 0. The minimum atomic E-state index is 0.241. The highest BCUT2D eigenvalue weighted by atomic mass is 16.1. The Morgan fingerprint density at radius 1 is 1.36 bits per heavy atom. The topological polar surface area (TPSA) is 32.3 Å². The first-order valence-corrected chi connectivity index (χ1v) is 5.72. The Bertz CT molecular complexity index is 227. The number of nitrogens with zero attached hydrogens (tertiary/aromatic N) is 1. The highest BCUT2D eigenvalue weighted by molar-refractivity contribution is 5.77. The SMILES string of the molecule is CC(C)N1[C@@H]2CCC[C@H]1CC(=O)NC2. The van der Waals surface area contributed by atoms with E-state index in [0.29, 0.717) is 24.5 Å². The number of nitrogens with one attached hydrogen (secondary N) is 1. The van der Waals surface area contributed by atoms with Gasteiger partial charge in [-0.3, -0.25) is 9.69 Å². The van der Waals surface area contributed by atoms with Crippen LogP contribution in [0.25, 0.3) is 0 Å². The molecule has 2 aliphatic heterocycles. The van der Waals surface area contributed by atoms with Crippen molar-refractivity contribution >= 4 is 5.91 Å². The van der Waals surface area contributed by atoms with E-state index in [1.54, 1.807) is 0 Å². The van der Waals surface area contributed by atoms with E-state index in [1.807, 2.05) is 0 Å². The monoisotopic (exact) mass is 196 g/mol. The van der Waals surface area contributed by atoms with Gasteiger partial charge in [0.1, 0.15) is 0 Å². The average molecular weight is 196 g/mol. The van der Waals surface area contributed by atoms with Gasteiger partial charge in [0.25, 0.3) is 0 Å². The molecule has 0 saturated carbocycles. The van der Waals surface area contributed by atoms with Crippen molar-refractivity contribution < 1.29 is 4.79 Å². The molecule has 2 bridgehead atoms. The lowest BCUT2D eigenvalue weighted by molar-refractivity contribution is -0.121. The van der Waals surface area contributed by atoms with Crippen LogP contribution >= 0.6 is 0 Å². The quantitative estimate of drug-likeness (QED) is 0.682. The largest absolute Gasteiger partial charge is 0.354 e. The summed E-state index contributed by atoms with van der Waals surface area (Å²) in [6.07, 6.45) is 4.43. The lowest BCUT2D eigenvalue weighted by Crippen LogP contribution is -2.51. The lowest BCUT2D eigenvalue weighted by atomic mass is 9.93. The zero-order valence-electron chi connectivity index (χ0n) is 9.12. The van der Waals surface area contributed by atoms with E-state index in [0.717, 1.165) is 6.54 Å². The van der Waals surface area contributed by atoms with Gasteiger partial charge in [0, 0.05) is 31.1 Å². The minimum absolute atomic E-state index is 0.241. The fourth-order valence-electron chi connectivity index (χ4n) is 2.96. The molecule has 2 atom stereocenters. The Labute approximate surface area is 85.8 Å². The van der Waals surface area contributed by atoms with Gasteiger partial charge in [-0.05, 0) is 26.7 Å². The Balaban J connectivity index is 2.17. The van der Waals surface area contributed by atoms with E-state index >= 15 is 0 Å². The van der Waals surface area contributed by atoms with Crippen LogP contribution in [0.3, 0.4) is 0 Å². The molecule has 2 rings (SSSR count). The molecule has 0 aliphatic carbocycles. The van der Waals surface area contributed by atoms with Crippen molar-refractivity contribution in [2.45, 2.75) is 57.7 Å². The van der Waals surface area contributed by atoms with Crippen molar-refractivity contribution in [2.75, 3.05) is 6.54 Å². The molecule has 14 heavy (non-hydrogen) atoms. The van der Waals surface area contributed by atoms with Crippen LogP contribution in [0.2, 0.25) is 0 Å². The first kappa shape index (κ1) is 9.97. The fraction of sp³-hybridized carbons (Fsp3) is 0.909. The van der Waals surface area contributed by atoms with Crippen molar-refractivity contribution in [3.8, 4) is 0 Å². The molecule has 2 heterocycles. The van der Waals surface area contributed by atoms with Gasteiger partial charge in [0.05, 0.1) is 0 Å². The van der Waals surface area contributed by atoms with Gasteiger partial charge in [0.15, 0.2) is 0 Å². The number of piperidine rings is 1. The first-order chi connectivity index (χ1) is 6.68. The number of amides is 1. The van der Waals surface area contributed by atoms with Crippen LogP contribution in [0.5, 0.6) is 0 Å². The third-order valence-electron chi connectivity index (χ3n) is 3.47. The Hall–Kier alpha value is -0.570. The van der Waals surface area contributed by atoms with Crippen LogP contribution in [-0.2, 0) is 4.79 Å². The van der Waals surface area contributed by atoms with E-state index < -0.39 is 0 Å². The van der Waals surface area contributed by atoms with E-state index in [-0.39, 0.29) is 5.91 Å². The average Bonchev–Trinajstić information content (AvgIpc) is 2.22. The molecule has 0 unspecified atom stereocenters. The van der Waals surface area contributed by atoms with Crippen LogP contribution in [0.4, 0.5) is 0 Å². The number of carbonyl (C=O) groups is 1. The smallest absolute Gasteiger partial charge is 0.221 e. The third-order valence-corrected chi connectivity index (χ3v) is 3.47. The summed E-state index contributed by atoms with van der Waals surface area (Å²) in [4.78, 5) is 14.0. The maximum atomic E-state index is 11.5. The molecule has 2 fully saturated rings. The number of hydrogen-bond acceptors (Lipinski definition) is 2. The van der Waals surface area contributed by atoms with Crippen LogP contribution in [0.1, 0.15) is 39.5 Å². The zero-order chi connectivity index (χ0) is 10.1. The minimum Gasteiger partial charge on any atom is -0.354 e. The van der Waals surface area contributed by atoms with E-state index in [4.69, 9.17) is 0 Å². The number of fused-ring (bicyclic) bond motifs is 2.